The molecule has 0 saturated carbocycles. The molecule has 1 N–H and O–H groups in total. The molecule has 1 saturated heterocycles. The zero-order chi connectivity index (χ0) is 11.0. The van der Waals surface area contributed by atoms with Gasteiger partial charge in [0.15, 0.2) is 0 Å². The molecule has 1 aliphatic heterocycles. The fourth-order valence-electron chi connectivity index (χ4n) is 2.56. The van der Waals surface area contributed by atoms with Crippen LogP contribution in [-0.2, 0) is 0 Å². The lowest BCUT2D eigenvalue weighted by Gasteiger charge is -2.12. The zero-order valence-electron chi connectivity index (χ0n) is 9.04. The van der Waals surface area contributed by atoms with Crippen molar-refractivity contribution in [3.05, 3.63) is 47.0 Å². The molecule has 2 heteroatoms. The summed E-state index contributed by atoms with van der Waals surface area (Å²) in [5, 5.41) is 6.83. The minimum atomic E-state index is 0.657. The molecule has 2 aromatic rings. The van der Waals surface area contributed by atoms with E-state index in [-0.39, 0.29) is 0 Å². The summed E-state index contributed by atoms with van der Waals surface area (Å²) < 4.78 is 0. The van der Waals surface area contributed by atoms with Gasteiger partial charge in [0.1, 0.15) is 0 Å². The molecular weight excluding hydrogens is 218 g/mol. The van der Waals surface area contributed by atoms with Crippen molar-refractivity contribution in [3.8, 4) is 0 Å². The van der Waals surface area contributed by atoms with Gasteiger partial charge in [-0.05, 0) is 47.4 Å². The molecule has 0 aliphatic carbocycles. The molecule has 1 heterocycles. The number of halogens is 1. The molecule has 1 fully saturated rings. The van der Waals surface area contributed by atoms with Crippen LogP contribution in [0, 0.1) is 0 Å². The van der Waals surface area contributed by atoms with Crippen LogP contribution in [0.2, 0.25) is 5.02 Å². The van der Waals surface area contributed by atoms with Crippen LogP contribution in [-0.4, -0.2) is 13.1 Å². The predicted octanol–water partition coefficient (Wildman–Crippen LogP) is 3.57. The van der Waals surface area contributed by atoms with Crippen LogP contribution >= 0.6 is 11.6 Å². The summed E-state index contributed by atoms with van der Waals surface area (Å²) in [5.41, 5.74) is 1.46. The minimum absolute atomic E-state index is 0.657. The van der Waals surface area contributed by atoms with Gasteiger partial charge in [-0.1, -0.05) is 35.9 Å². The molecular formula is C14H14ClN. The van der Waals surface area contributed by atoms with Gasteiger partial charge in [-0.25, -0.2) is 0 Å². The van der Waals surface area contributed by atoms with Crippen molar-refractivity contribution in [2.75, 3.05) is 13.1 Å². The summed E-state index contributed by atoms with van der Waals surface area (Å²) in [4.78, 5) is 0. The van der Waals surface area contributed by atoms with Gasteiger partial charge in [-0.2, -0.15) is 0 Å². The second-order valence-electron chi connectivity index (χ2n) is 4.40. The number of benzene rings is 2. The maximum Gasteiger partial charge on any atom is 0.0412 e. The third-order valence-electron chi connectivity index (χ3n) is 3.38. The fourth-order valence-corrected chi connectivity index (χ4v) is 2.74. The summed E-state index contributed by atoms with van der Waals surface area (Å²) in [6, 6.07) is 12.7. The van der Waals surface area contributed by atoms with Gasteiger partial charge in [0.25, 0.3) is 0 Å². The topological polar surface area (TPSA) is 12.0 Å². The highest BCUT2D eigenvalue weighted by atomic mass is 35.5. The van der Waals surface area contributed by atoms with E-state index >= 15 is 0 Å². The summed E-state index contributed by atoms with van der Waals surface area (Å²) in [5.74, 6) is 0.657. The Morgan fingerprint density at radius 3 is 2.94 bits per heavy atom. The maximum absolute atomic E-state index is 6.02. The van der Waals surface area contributed by atoms with Gasteiger partial charge in [-0.15, -0.1) is 0 Å². The lowest BCUT2D eigenvalue weighted by atomic mass is 9.93. The second kappa shape index (κ2) is 4.08. The Morgan fingerprint density at radius 1 is 1.19 bits per heavy atom. The van der Waals surface area contributed by atoms with E-state index in [1.54, 1.807) is 0 Å². The Morgan fingerprint density at radius 2 is 2.12 bits per heavy atom. The van der Waals surface area contributed by atoms with Crippen LogP contribution in [0.4, 0.5) is 0 Å². The van der Waals surface area contributed by atoms with Crippen LogP contribution in [0.1, 0.15) is 17.9 Å². The van der Waals surface area contributed by atoms with E-state index in [2.05, 4.69) is 29.6 Å². The fraction of sp³-hybridized carbons (Fsp3) is 0.286. The number of rotatable bonds is 1. The van der Waals surface area contributed by atoms with Gasteiger partial charge in [-0.3, -0.25) is 0 Å². The molecule has 0 amide bonds. The molecule has 0 radical (unpaired) electrons. The molecule has 82 valence electrons. The zero-order valence-corrected chi connectivity index (χ0v) is 9.80. The van der Waals surface area contributed by atoms with E-state index < -0.39 is 0 Å². The van der Waals surface area contributed by atoms with E-state index in [1.807, 2.05) is 12.1 Å². The second-order valence-corrected chi connectivity index (χ2v) is 4.84. The molecule has 1 nitrogen and oxygen atoms in total. The van der Waals surface area contributed by atoms with Crippen molar-refractivity contribution in [3.63, 3.8) is 0 Å². The maximum atomic E-state index is 6.02. The summed E-state index contributed by atoms with van der Waals surface area (Å²) >= 11 is 6.02. The van der Waals surface area contributed by atoms with Gasteiger partial charge in [0.2, 0.25) is 0 Å². The Labute approximate surface area is 100 Å². The first-order valence-electron chi connectivity index (χ1n) is 5.73. The third-order valence-corrected chi connectivity index (χ3v) is 3.61. The van der Waals surface area contributed by atoms with Gasteiger partial charge in [0.05, 0.1) is 0 Å². The lowest BCUT2D eigenvalue weighted by molar-refractivity contribution is 0.770. The van der Waals surface area contributed by atoms with E-state index in [9.17, 15) is 0 Å². The van der Waals surface area contributed by atoms with Crippen LogP contribution in [0.3, 0.4) is 0 Å². The Bertz CT molecular complexity index is 515. The standard InChI is InChI=1S/C14H14ClN/c15-12-4-5-14-10(8-12)2-1-3-13(14)11-6-7-16-9-11/h1-5,8,11,16H,6-7,9H2. The van der Waals surface area contributed by atoms with Crippen LogP contribution in [0.5, 0.6) is 0 Å². The molecule has 3 rings (SSSR count). The van der Waals surface area contributed by atoms with Crippen molar-refractivity contribution in [1.29, 1.82) is 0 Å². The first-order chi connectivity index (χ1) is 7.84. The number of fused-ring (bicyclic) bond motifs is 1. The van der Waals surface area contributed by atoms with Crippen LogP contribution in [0.25, 0.3) is 10.8 Å². The molecule has 0 aromatic heterocycles. The number of hydrogen-bond acceptors (Lipinski definition) is 1. The molecule has 2 aromatic carbocycles. The highest BCUT2D eigenvalue weighted by Crippen LogP contribution is 2.30. The van der Waals surface area contributed by atoms with Crippen LogP contribution in [0.15, 0.2) is 36.4 Å². The molecule has 16 heavy (non-hydrogen) atoms. The van der Waals surface area contributed by atoms with Gasteiger partial charge < -0.3 is 5.32 Å². The van der Waals surface area contributed by atoms with Crippen molar-refractivity contribution < 1.29 is 0 Å². The SMILES string of the molecule is Clc1ccc2c(C3CCNC3)cccc2c1. The first-order valence-corrected chi connectivity index (χ1v) is 6.11. The minimum Gasteiger partial charge on any atom is -0.316 e. The van der Waals surface area contributed by atoms with Crippen LogP contribution < -0.4 is 5.32 Å². The summed E-state index contributed by atoms with van der Waals surface area (Å²) in [7, 11) is 0. The number of hydrogen-bond donors (Lipinski definition) is 1. The largest absolute Gasteiger partial charge is 0.316 e. The Kier molecular flexibility index (Phi) is 2.58. The monoisotopic (exact) mass is 231 g/mol. The van der Waals surface area contributed by atoms with Gasteiger partial charge in [0, 0.05) is 11.6 Å². The highest BCUT2D eigenvalue weighted by Gasteiger charge is 2.18. The van der Waals surface area contributed by atoms with E-state index in [4.69, 9.17) is 11.6 Å². The highest BCUT2D eigenvalue weighted by molar-refractivity contribution is 6.31. The van der Waals surface area contributed by atoms with E-state index in [0.717, 1.165) is 18.1 Å². The molecule has 1 aliphatic rings. The summed E-state index contributed by atoms with van der Waals surface area (Å²) in [6.07, 6.45) is 1.24. The normalized spacial score (nSPS) is 20.4. The predicted molar refractivity (Wildman–Crippen MR) is 69.2 cm³/mol. The van der Waals surface area contributed by atoms with Crippen molar-refractivity contribution in [2.24, 2.45) is 0 Å². The van der Waals surface area contributed by atoms with Crippen molar-refractivity contribution >= 4 is 22.4 Å². The average Bonchev–Trinajstić information content (AvgIpc) is 2.81. The average molecular weight is 232 g/mol. The summed E-state index contributed by atoms with van der Waals surface area (Å²) in [6.45, 7) is 2.23. The molecule has 0 spiro atoms. The molecule has 0 bridgehead atoms. The lowest BCUT2D eigenvalue weighted by Crippen LogP contribution is -2.08. The number of nitrogens with one attached hydrogen (secondary N) is 1. The Balaban J connectivity index is 2.16. The molecule has 1 unspecified atom stereocenters. The first kappa shape index (κ1) is 10.1. The van der Waals surface area contributed by atoms with Crippen molar-refractivity contribution in [2.45, 2.75) is 12.3 Å². The van der Waals surface area contributed by atoms with E-state index in [0.29, 0.717) is 5.92 Å². The van der Waals surface area contributed by atoms with E-state index in [1.165, 1.54) is 22.8 Å². The van der Waals surface area contributed by atoms with Gasteiger partial charge >= 0.3 is 0 Å². The Hall–Kier alpha value is -1.05. The van der Waals surface area contributed by atoms with Crippen molar-refractivity contribution in [1.82, 2.24) is 5.32 Å². The smallest absolute Gasteiger partial charge is 0.0412 e. The molecule has 1 atom stereocenters. The third kappa shape index (κ3) is 1.70. The quantitative estimate of drug-likeness (QED) is 0.791.